The third kappa shape index (κ3) is 4.88. The van der Waals surface area contributed by atoms with Crippen molar-refractivity contribution in [1.82, 2.24) is 15.2 Å². The quantitative estimate of drug-likeness (QED) is 0.811. The third-order valence-corrected chi connectivity index (χ3v) is 4.33. The van der Waals surface area contributed by atoms with Crippen molar-refractivity contribution in [3.63, 3.8) is 0 Å². The van der Waals surface area contributed by atoms with Crippen LogP contribution < -0.4 is 10.6 Å². The summed E-state index contributed by atoms with van der Waals surface area (Å²) in [6, 6.07) is 2.90. The standard InChI is InChI=1S/C17H29N3O/c1-3-16(18-4-2)14-10-11-20(12-14)13-17(21)19-15-8-6-5-7-9-15/h10-12,15-16,18H,3-9,13H2,1-2H3,(H,19,21). The van der Waals surface area contributed by atoms with Crippen LogP contribution in [0.1, 0.15) is 64.0 Å². The Kier molecular flexibility index (Phi) is 6.30. The molecule has 1 saturated carbocycles. The second-order valence-electron chi connectivity index (χ2n) is 6.04. The number of hydrogen-bond acceptors (Lipinski definition) is 2. The summed E-state index contributed by atoms with van der Waals surface area (Å²) in [5, 5.41) is 6.64. The lowest BCUT2D eigenvalue weighted by atomic mass is 9.95. The number of rotatable bonds is 7. The topological polar surface area (TPSA) is 46.1 Å². The summed E-state index contributed by atoms with van der Waals surface area (Å²) in [4.78, 5) is 12.1. The van der Waals surface area contributed by atoms with Crippen LogP contribution in [0.4, 0.5) is 0 Å². The van der Waals surface area contributed by atoms with Gasteiger partial charge in [0.15, 0.2) is 0 Å². The first-order valence-electron chi connectivity index (χ1n) is 8.41. The van der Waals surface area contributed by atoms with Crippen LogP contribution in [0.2, 0.25) is 0 Å². The van der Waals surface area contributed by atoms with Crippen LogP contribution in [0.5, 0.6) is 0 Å². The van der Waals surface area contributed by atoms with E-state index in [9.17, 15) is 4.79 Å². The second-order valence-corrected chi connectivity index (χ2v) is 6.04. The molecule has 4 nitrogen and oxygen atoms in total. The molecule has 0 radical (unpaired) electrons. The van der Waals surface area contributed by atoms with E-state index < -0.39 is 0 Å². The number of carbonyl (C=O) groups is 1. The number of carbonyl (C=O) groups excluding carboxylic acids is 1. The summed E-state index contributed by atoms with van der Waals surface area (Å²) in [5.74, 6) is 0.139. The first-order valence-corrected chi connectivity index (χ1v) is 8.41. The lowest BCUT2D eigenvalue weighted by molar-refractivity contribution is -0.122. The van der Waals surface area contributed by atoms with Gasteiger partial charge in [-0.1, -0.05) is 33.1 Å². The summed E-state index contributed by atoms with van der Waals surface area (Å²) < 4.78 is 1.99. The van der Waals surface area contributed by atoms with Gasteiger partial charge in [0.2, 0.25) is 5.91 Å². The minimum atomic E-state index is 0.139. The van der Waals surface area contributed by atoms with E-state index in [0.717, 1.165) is 25.8 Å². The van der Waals surface area contributed by atoms with Crippen LogP contribution >= 0.6 is 0 Å². The van der Waals surface area contributed by atoms with Crippen LogP contribution in [0.25, 0.3) is 0 Å². The lowest BCUT2D eigenvalue weighted by Gasteiger charge is -2.22. The van der Waals surface area contributed by atoms with E-state index in [4.69, 9.17) is 0 Å². The van der Waals surface area contributed by atoms with Crippen molar-refractivity contribution in [3.05, 3.63) is 24.0 Å². The van der Waals surface area contributed by atoms with Gasteiger partial charge >= 0.3 is 0 Å². The molecule has 2 rings (SSSR count). The molecule has 0 spiro atoms. The molecule has 1 aliphatic rings. The summed E-state index contributed by atoms with van der Waals surface area (Å²) >= 11 is 0. The van der Waals surface area contributed by atoms with Gasteiger partial charge in [-0.3, -0.25) is 4.79 Å². The van der Waals surface area contributed by atoms with Crippen molar-refractivity contribution in [3.8, 4) is 0 Å². The summed E-state index contributed by atoms with van der Waals surface area (Å²) in [5.41, 5.74) is 1.27. The normalized spacial score (nSPS) is 17.6. The van der Waals surface area contributed by atoms with Gasteiger partial charge in [-0.15, -0.1) is 0 Å². The fraction of sp³-hybridized carbons (Fsp3) is 0.706. The Hall–Kier alpha value is -1.29. The molecule has 21 heavy (non-hydrogen) atoms. The van der Waals surface area contributed by atoms with Crippen LogP contribution in [0.3, 0.4) is 0 Å². The zero-order valence-electron chi connectivity index (χ0n) is 13.4. The smallest absolute Gasteiger partial charge is 0.240 e. The van der Waals surface area contributed by atoms with Gasteiger partial charge in [0.25, 0.3) is 0 Å². The van der Waals surface area contributed by atoms with Gasteiger partial charge in [0.05, 0.1) is 0 Å². The van der Waals surface area contributed by atoms with E-state index in [1.807, 2.05) is 10.8 Å². The van der Waals surface area contributed by atoms with Gasteiger partial charge in [-0.05, 0) is 37.4 Å². The highest BCUT2D eigenvalue weighted by molar-refractivity contribution is 5.76. The van der Waals surface area contributed by atoms with Crippen LogP contribution in [-0.4, -0.2) is 23.1 Å². The van der Waals surface area contributed by atoms with E-state index in [1.165, 1.54) is 24.8 Å². The van der Waals surface area contributed by atoms with Crippen molar-refractivity contribution < 1.29 is 4.79 Å². The molecular formula is C17H29N3O. The molecule has 0 saturated heterocycles. The first kappa shape index (κ1) is 16.1. The number of aromatic nitrogens is 1. The molecule has 4 heteroatoms. The molecule has 1 atom stereocenters. The van der Waals surface area contributed by atoms with Gasteiger partial charge in [-0.25, -0.2) is 0 Å². The van der Waals surface area contributed by atoms with E-state index in [-0.39, 0.29) is 5.91 Å². The number of hydrogen-bond donors (Lipinski definition) is 2. The fourth-order valence-electron chi connectivity index (χ4n) is 3.19. The first-order chi connectivity index (χ1) is 10.2. The predicted octanol–water partition coefficient (Wildman–Crippen LogP) is 3.00. The zero-order chi connectivity index (χ0) is 15.1. The number of nitrogens with one attached hydrogen (secondary N) is 2. The van der Waals surface area contributed by atoms with Crippen LogP contribution in [-0.2, 0) is 11.3 Å². The van der Waals surface area contributed by atoms with Gasteiger partial charge in [-0.2, -0.15) is 0 Å². The molecule has 0 aromatic carbocycles. The summed E-state index contributed by atoms with van der Waals surface area (Å²) in [7, 11) is 0. The molecule has 1 heterocycles. The summed E-state index contributed by atoms with van der Waals surface area (Å²) in [6.07, 6.45) is 11.3. The minimum absolute atomic E-state index is 0.139. The fourth-order valence-corrected chi connectivity index (χ4v) is 3.19. The molecule has 1 fully saturated rings. The van der Waals surface area contributed by atoms with Crippen LogP contribution in [0, 0.1) is 0 Å². The maximum absolute atomic E-state index is 12.1. The Morgan fingerprint density at radius 3 is 2.76 bits per heavy atom. The highest BCUT2D eigenvalue weighted by Crippen LogP contribution is 2.18. The Balaban J connectivity index is 1.84. The second kappa shape index (κ2) is 8.23. The maximum atomic E-state index is 12.1. The molecule has 1 aromatic heterocycles. The Morgan fingerprint density at radius 2 is 2.10 bits per heavy atom. The largest absolute Gasteiger partial charge is 0.352 e. The lowest BCUT2D eigenvalue weighted by Crippen LogP contribution is -2.38. The van der Waals surface area contributed by atoms with Crippen molar-refractivity contribution >= 4 is 5.91 Å². The van der Waals surface area contributed by atoms with E-state index >= 15 is 0 Å². The highest BCUT2D eigenvalue weighted by atomic mass is 16.2. The van der Waals surface area contributed by atoms with Crippen molar-refractivity contribution in [2.75, 3.05) is 6.54 Å². The minimum Gasteiger partial charge on any atom is -0.352 e. The van der Waals surface area contributed by atoms with E-state index in [0.29, 0.717) is 18.6 Å². The summed E-state index contributed by atoms with van der Waals surface area (Å²) in [6.45, 7) is 5.70. The number of amides is 1. The molecule has 118 valence electrons. The molecule has 1 aromatic rings. The van der Waals surface area contributed by atoms with Gasteiger partial charge in [0.1, 0.15) is 6.54 Å². The monoisotopic (exact) mass is 291 g/mol. The van der Waals surface area contributed by atoms with Gasteiger partial charge in [0, 0.05) is 24.5 Å². The average molecular weight is 291 g/mol. The highest BCUT2D eigenvalue weighted by Gasteiger charge is 2.16. The van der Waals surface area contributed by atoms with Crippen molar-refractivity contribution in [1.29, 1.82) is 0 Å². The molecule has 0 bridgehead atoms. The number of nitrogens with zero attached hydrogens (tertiary/aromatic N) is 1. The van der Waals surface area contributed by atoms with Crippen LogP contribution in [0.15, 0.2) is 18.5 Å². The Bertz CT molecular complexity index is 435. The van der Waals surface area contributed by atoms with Crippen molar-refractivity contribution in [2.45, 2.75) is 71.0 Å². The Morgan fingerprint density at radius 1 is 1.33 bits per heavy atom. The SMILES string of the molecule is CCNC(CC)c1ccn(CC(=O)NC2CCCCC2)c1. The predicted molar refractivity (Wildman–Crippen MR) is 86.2 cm³/mol. The third-order valence-electron chi connectivity index (χ3n) is 4.33. The molecule has 1 aliphatic carbocycles. The average Bonchev–Trinajstić information content (AvgIpc) is 2.93. The van der Waals surface area contributed by atoms with E-state index in [2.05, 4.69) is 36.7 Å². The van der Waals surface area contributed by atoms with Gasteiger partial charge < -0.3 is 15.2 Å². The Labute approximate surface area is 128 Å². The maximum Gasteiger partial charge on any atom is 0.240 e. The van der Waals surface area contributed by atoms with Crippen molar-refractivity contribution in [2.24, 2.45) is 0 Å². The molecule has 2 N–H and O–H groups in total. The molecular weight excluding hydrogens is 262 g/mol. The molecule has 1 amide bonds. The van der Waals surface area contributed by atoms with E-state index in [1.54, 1.807) is 0 Å². The zero-order valence-corrected chi connectivity index (χ0v) is 13.4. The molecule has 1 unspecified atom stereocenters. The molecule has 0 aliphatic heterocycles.